The van der Waals surface area contributed by atoms with Crippen LogP contribution in [0, 0.1) is 24.7 Å². The molecule has 0 heterocycles. The standard InChI is InChI=1S/C20H28N2O2/c1-12(2)17(21-19(23)16-6-4-5-13(3)11-16)20(24)22-18(14-7-8-14)15-9-10-15/h4-6,11-12,14-15,17-18H,7-10H2,1-3H3,(H,21,23)(H,22,24). The van der Waals surface area contributed by atoms with Crippen LogP contribution < -0.4 is 10.6 Å². The molecule has 0 radical (unpaired) electrons. The van der Waals surface area contributed by atoms with Gasteiger partial charge in [0.1, 0.15) is 6.04 Å². The smallest absolute Gasteiger partial charge is 0.251 e. The zero-order valence-corrected chi connectivity index (χ0v) is 14.8. The van der Waals surface area contributed by atoms with E-state index in [2.05, 4.69) is 10.6 Å². The van der Waals surface area contributed by atoms with Crippen LogP contribution in [0.15, 0.2) is 24.3 Å². The maximum atomic E-state index is 12.8. The van der Waals surface area contributed by atoms with E-state index in [1.54, 1.807) is 6.07 Å². The van der Waals surface area contributed by atoms with Crippen molar-refractivity contribution >= 4 is 11.8 Å². The summed E-state index contributed by atoms with van der Waals surface area (Å²) < 4.78 is 0. The van der Waals surface area contributed by atoms with E-state index in [1.165, 1.54) is 25.7 Å². The van der Waals surface area contributed by atoms with E-state index in [-0.39, 0.29) is 17.7 Å². The van der Waals surface area contributed by atoms with Crippen molar-refractivity contribution in [2.75, 3.05) is 0 Å². The molecule has 2 aliphatic carbocycles. The highest BCUT2D eigenvalue weighted by Crippen LogP contribution is 2.44. The second-order valence-corrected chi connectivity index (χ2v) is 7.77. The van der Waals surface area contributed by atoms with E-state index in [9.17, 15) is 9.59 Å². The van der Waals surface area contributed by atoms with Crippen molar-refractivity contribution < 1.29 is 9.59 Å². The van der Waals surface area contributed by atoms with Crippen LogP contribution in [0.2, 0.25) is 0 Å². The molecule has 24 heavy (non-hydrogen) atoms. The Morgan fingerprint density at radius 3 is 2.17 bits per heavy atom. The number of nitrogens with one attached hydrogen (secondary N) is 2. The summed E-state index contributed by atoms with van der Waals surface area (Å²) in [6.07, 6.45) is 4.90. The average molecular weight is 328 g/mol. The van der Waals surface area contributed by atoms with Gasteiger partial charge in [0.05, 0.1) is 0 Å². The summed E-state index contributed by atoms with van der Waals surface area (Å²) in [7, 11) is 0. The number of aryl methyl sites for hydroxylation is 1. The van der Waals surface area contributed by atoms with Crippen molar-refractivity contribution in [2.45, 2.75) is 58.5 Å². The van der Waals surface area contributed by atoms with Gasteiger partial charge < -0.3 is 10.6 Å². The molecular weight excluding hydrogens is 300 g/mol. The zero-order valence-electron chi connectivity index (χ0n) is 14.8. The number of hydrogen-bond donors (Lipinski definition) is 2. The van der Waals surface area contributed by atoms with Crippen LogP contribution in [0.5, 0.6) is 0 Å². The maximum absolute atomic E-state index is 12.8. The molecule has 2 saturated carbocycles. The van der Waals surface area contributed by atoms with E-state index in [4.69, 9.17) is 0 Å². The van der Waals surface area contributed by atoms with E-state index >= 15 is 0 Å². The van der Waals surface area contributed by atoms with Gasteiger partial charge >= 0.3 is 0 Å². The third-order valence-corrected chi connectivity index (χ3v) is 5.08. The van der Waals surface area contributed by atoms with Crippen molar-refractivity contribution in [1.29, 1.82) is 0 Å². The minimum atomic E-state index is -0.488. The largest absolute Gasteiger partial charge is 0.351 e. The lowest BCUT2D eigenvalue weighted by molar-refractivity contribution is -0.125. The van der Waals surface area contributed by atoms with Crippen molar-refractivity contribution in [3.05, 3.63) is 35.4 Å². The second kappa shape index (κ2) is 6.96. The normalized spacial score (nSPS) is 18.5. The fraction of sp³-hybridized carbons (Fsp3) is 0.600. The molecule has 2 N–H and O–H groups in total. The molecule has 2 aliphatic rings. The number of carbonyl (C=O) groups excluding carboxylic acids is 2. The molecule has 4 nitrogen and oxygen atoms in total. The van der Waals surface area contributed by atoms with Gasteiger partial charge in [-0.3, -0.25) is 9.59 Å². The summed E-state index contributed by atoms with van der Waals surface area (Å²) in [5.41, 5.74) is 1.64. The zero-order chi connectivity index (χ0) is 17.3. The Labute approximate surface area is 144 Å². The molecule has 1 aromatic rings. The molecule has 130 valence electrons. The van der Waals surface area contributed by atoms with Gasteiger partial charge in [0.15, 0.2) is 0 Å². The molecule has 2 fully saturated rings. The molecule has 0 bridgehead atoms. The van der Waals surface area contributed by atoms with Gasteiger partial charge in [0.25, 0.3) is 5.91 Å². The van der Waals surface area contributed by atoms with Crippen LogP contribution in [0.1, 0.15) is 55.5 Å². The average Bonchev–Trinajstić information content (AvgIpc) is 3.42. The Balaban J connectivity index is 1.65. The Bertz CT molecular complexity index is 606. The van der Waals surface area contributed by atoms with Gasteiger partial charge in [-0.05, 0) is 62.5 Å². The summed E-state index contributed by atoms with van der Waals surface area (Å²) in [6.45, 7) is 5.91. The summed E-state index contributed by atoms with van der Waals surface area (Å²) >= 11 is 0. The molecule has 0 aromatic heterocycles. The maximum Gasteiger partial charge on any atom is 0.251 e. The molecule has 4 heteroatoms. The number of hydrogen-bond acceptors (Lipinski definition) is 2. The number of amides is 2. The third-order valence-electron chi connectivity index (χ3n) is 5.08. The lowest BCUT2D eigenvalue weighted by atomic mass is 10.0. The monoisotopic (exact) mass is 328 g/mol. The SMILES string of the molecule is Cc1cccc(C(=O)NC(C(=O)NC(C2CC2)C2CC2)C(C)C)c1. The van der Waals surface area contributed by atoms with E-state index in [0.29, 0.717) is 23.4 Å². The predicted molar refractivity (Wildman–Crippen MR) is 94.6 cm³/mol. The van der Waals surface area contributed by atoms with Crippen LogP contribution in [0.25, 0.3) is 0 Å². The van der Waals surface area contributed by atoms with Crippen LogP contribution in [0.4, 0.5) is 0 Å². The molecule has 0 aliphatic heterocycles. The van der Waals surface area contributed by atoms with Crippen LogP contribution in [-0.4, -0.2) is 23.9 Å². The Kier molecular flexibility index (Phi) is 4.93. The first kappa shape index (κ1) is 17.0. The highest BCUT2D eigenvalue weighted by atomic mass is 16.2. The van der Waals surface area contributed by atoms with Crippen LogP contribution in [-0.2, 0) is 4.79 Å². The fourth-order valence-electron chi connectivity index (χ4n) is 3.33. The predicted octanol–water partition coefficient (Wildman–Crippen LogP) is 3.05. The highest BCUT2D eigenvalue weighted by molar-refractivity contribution is 5.97. The summed E-state index contributed by atoms with van der Waals surface area (Å²) in [5, 5.41) is 6.17. The Morgan fingerprint density at radius 2 is 1.67 bits per heavy atom. The number of carbonyl (C=O) groups is 2. The molecule has 1 aromatic carbocycles. The van der Waals surface area contributed by atoms with Gasteiger partial charge in [-0.2, -0.15) is 0 Å². The third kappa shape index (κ3) is 4.16. The van der Waals surface area contributed by atoms with Gasteiger partial charge in [0, 0.05) is 11.6 Å². The Morgan fingerprint density at radius 1 is 1.04 bits per heavy atom. The number of rotatable bonds is 7. The van der Waals surface area contributed by atoms with Crippen molar-refractivity contribution in [2.24, 2.45) is 17.8 Å². The van der Waals surface area contributed by atoms with Gasteiger partial charge in [-0.1, -0.05) is 31.5 Å². The van der Waals surface area contributed by atoms with E-state index in [1.807, 2.05) is 39.0 Å². The van der Waals surface area contributed by atoms with Crippen molar-refractivity contribution in [3.63, 3.8) is 0 Å². The first-order valence-electron chi connectivity index (χ1n) is 9.13. The highest BCUT2D eigenvalue weighted by Gasteiger charge is 2.43. The topological polar surface area (TPSA) is 58.2 Å². The van der Waals surface area contributed by atoms with Gasteiger partial charge in [-0.25, -0.2) is 0 Å². The minimum Gasteiger partial charge on any atom is -0.351 e. The minimum absolute atomic E-state index is 0.0326. The number of benzene rings is 1. The Hall–Kier alpha value is -1.84. The van der Waals surface area contributed by atoms with Crippen molar-refractivity contribution in [1.82, 2.24) is 10.6 Å². The summed E-state index contributed by atoms with van der Waals surface area (Å²) in [5.74, 6) is 1.15. The second-order valence-electron chi connectivity index (χ2n) is 7.77. The first-order chi connectivity index (χ1) is 11.5. The molecule has 1 unspecified atom stereocenters. The quantitative estimate of drug-likeness (QED) is 0.808. The molecular formula is C20H28N2O2. The van der Waals surface area contributed by atoms with E-state index in [0.717, 1.165) is 5.56 Å². The molecule has 0 spiro atoms. The van der Waals surface area contributed by atoms with Gasteiger partial charge in [0.2, 0.25) is 5.91 Å². The van der Waals surface area contributed by atoms with Crippen molar-refractivity contribution in [3.8, 4) is 0 Å². The lowest BCUT2D eigenvalue weighted by Gasteiger charge is -2.25. The summed E-state index contributed by atoms with van der Waals surface area (Å²) in [4.78, 5) is 25.3. The molecule has 0 saturated heterocycles. The first-order valence-corrected chi connectivity index (χ1v) is 9.13. The molecule has 2 amide bonds. The summed E-state index contributed by atoms with van der Waals surface area (Å²) in [6, 6.07) is 7.29. The van der Waals surface area contributed by atoms with Crippen LogP contribution >= 0.6 is 0 Å². The van der Waals surface area contributed by atoms with Crippen LogP contribution in [0.3, 0.4) is 0 Å². The fourth-order valence-corrected chi connectivity index (χ4v) is 3.33. The van der Waals surface area contributed by atoms with Gasteiger partial charge in [-0.15, -0.1) is 0 Å². The lowest BCUT2D eigenvalue weighted by Crippen LogP contribution is -2.53. The van der Waals surface area contributed by atoms with E-state index < -0.39 is 6.04 Å². The molecule has 3 rings (SSSR count). The molecule has 1 atom stereocenters.